The second-order valence-electron chi connectivity index (χ2n) is 5.43. The monoisotopic (exact) mass is 373 g/mol. The van der Waals surface area contributed by atoms with Gasteiger partial charge in [-0.2, -0.15) is 5.10 Å². The SMILES string of the molecule is CCOc1ccc(/C=N\NC(=O)C(=O)N[C@@H](C)c2ccccc2)cc1Cl. The first-order chi connectivity index (χ1) is 12.5. The minimum Gasteiger partial charge on any atom is -0.492 e. The van der Waals surface area contributed by atoms with Gasteiger partial charge in [0.1, 0.15) is 5.75 Å². The Hall–Kier alpha value is -2.86. The van der Waals surface area contributed by atoms with Crippen molar-refractivity contribution in [2.45, 2.75) is 19.9 Å². The molecule has 0 saturated carbocycles. The highest BCUT2D eigenvalue weighted by Crippen LogP contribution is 2.24. The largest absolute Gasteiger partial charge is 0.492 e. The summed E-state index contributed by atoms with van der Waals surface area (Å²) < 4.78 is 5.34. The third kappa shape index (κ3) is 5.60. The fourth-order valence-corrected chi connectivity index (χ4v) is 2.42. The molecule has 2 amide bonds. The highest BCUT2D eigenvalue weighted by atomic mass is 35.5. The molecule has 0 bridgehead atoms. The van der Waals surface area contributed by atoms with Crippen molar-refractivity contribution in [1.82, 2.24) is 10.7 Å². The summed E-state index contributed by atoms with van der Waals surface area (Å²) in [6.07, 6.45) is 1.40. The van der Waals surface area contributed by atoms with E-state index >= 15 is 0 Å². The Kier molecular flexibility index (Phi) is 7.17. The maximum atomic E-state index is 11.9. The second kappa shape index (κ2) is 9.58. The molecule has 6 nitrogen and oxygen atoms in total. The average Bonchev–Trinajstić information content (AvgIpc) is 2.64. The molecule has 0 fully saturated rings. The van der Waals surface area contributed by atoms with E-state index in [4.69, 9.17) is 16.3 Å². The zero-order valence-corrected chi connectivity index (χ0v) is 15.3. The smallest absolute Gasteiger partial charge is 0.329 e. The van der Waals surface area contributed by atoms with Gasteiger partial charge in [0.05, 0.1) is 23.9 Å². The van der Waals surface area contributed by atoms with Crippen LogP contribution in [-0.4, -0.2) is 24.6 Å². The molecule has 2 aromatic rings. The lowest BCUT2D eigenvalue weighted by Gasteiger charge is -2.13. The number of halogens is 1. The zero-order chi connectivity index (χ0) is 18.9. The Morgan fingerprint density at radius 1 is 1.19 bits per heavy atom. The lowest BCUT2D eigenvalue weighted by atomic mass is 10.1. The van der Waals surface area contributed by atoms with Crippen molar-refractivity contribution in [3.8, 4) is 5.75 Å². The van der Waals surface area contributed by atoms with Gasteiger partial charge in [-0.25, -0.2) is 5.43 Å². The molecule has 26 heavy (non-hydrogen) atoms. The minimum atomic E-state index is -0.846. The first-order valence-corrected chi connectivity index (χ1v) is 8.50. The number of hydrogen-bond acceptors (Lipinski definition) is 4. The van der Waals surface area contributed by atoms with E-state index in [0.717, 1.165) is 5.56 Å². The van der Waals surface area contributed by atoms with Gasteiger partial charge >= 0.3 is 11.8 Å². The molecule has 0 unspecified atom stereocenters. The van der Waals surface area contributed by atoms with Crippen LogP contribution in [0.5, 0.6) is 5.75 Å². The van der Waals surface area contributed by atoms with Crippen LogP contribution in [-0.2, 0) is 9.59 Å². The van der Waals surface area contributed by atoms with Crippen molar-refractivity contribution in [3.63, 3.8) is 0 Å². The first kappa shape index (κ1) is 19.5. The molecular formula is C19H20ClN3O3. The van der Waals surface area contributed by atoms with Crippen molar-refractivity contribution in [3.05, 3.63) is 64.7 Å². The van der Waals surface area contributed by atoms with Gasteiger partial charge in [0.25, 0.3) is 0 Å². The summed E-state index contributed by atoms with van der Waals surface area (Å²) in [6, 6.07) is 14.2. The lowest BCUT2D eigenvalue weighted by Crippen LogP contribution is -2.39. The van der Waals surface area contributed by atoms with E-state index in [9.17, 15) is 9.59 Å². The van der Waals surface area contributed by atoms with Gasteiger partial charge in [-0.15, -0.1) is 0 Å². The molecule has 0 aromatic heterocycles. The standard InChI is InChI=1S/C19H20ClN3O3/c1-3-26-17-10-9-14(11-16(17)20)12-21-23-19(25)18(24)22-13(2)15-7-5-4-6-8-15/h4-13H,3H2,1-2H3,(H,22,24)(H,23,25)/b21-12-/t13-/m0/s1. The van der Waals surface area contributed by atoms with Crippen LogP contribution in [0.1, 0.15) is 31.0 Å². The number of ether oxygens (including phenoxy) is 1. The minimum absolute atomic E-state index is 0.289. The second-order valence-corrected chi connectivity index (χ2v) is 5.84. The number of hydrogen-bond donors (Lipinski definition) is 2. The van der Waals surface area contributed by atoms with E-state index in [1.165, 1.54) is 6.21 Å². The molecule has 7 heteroatoms. The van der Waals surface area contributed by atoms with Crippen LogP contribution in [0.15, 0.2) is 53.6 Å². The number of nitrogens with one attached hydrogen (secondary N) is 2. The molecule has 2 N–H and O–H groups in total. The van der Waals surface area contributed by atoms with Crippen molar-refractivity contribution < 1.29 is 14.3 Å². The summed E-state index contributed by atoms with van der Waals surface area (Å²) >= 11 is 6.08. The highest BCUT2D eigenvalue weighted by Gasteiger charge is 2.16. The molecule has 1 atom stereocenters. The average molecular weight is 374 g/mol. The molecule has 0 aliphatic rings. The summed E-state index contributed by atoms with van der Waals surface area (Å²) in [5.41, 5.74) is 3.76. The number of hydrazone groups is 1. The third-order valence-corrected chi connectivity index (χ3v) is 3.78. The summed E-state index contributed by atoms with van der Waals surface area (Å²) in [6.45, 7) is 4.18. The molecule has 0 radical (unpaired) electrons. The summed E-state index contributed by atoms with van der Waals surface area (Å²) in [7, 11) is 0. The number of benzene rings is 2. The van der Waals surface area contributed by atoms with E-state index in [-0.39, 0.29) is 6.04 Å². The number of amides is 2. The quantitative estimate of drug-likeness (QED) is 0.464. The third-order valence-electron chi connectivity index (χ3n) is 3.49. The van der Waals surface area contributed by atoms with Gasteiger partial charge in [0.2, 0.25) is 0 Å². The van der Waals surface area contributed by atoms with E-state index in [2.05, 4.69) is 15.8 Å². The highest BCUT2D eigenvalue weighted by molar-refractivity contribution is 6.35. The number of carbonyl (C=O) groups is 2. The fourth-order valence-electron chi connectivity index (χ4n) is 2.17. The molecule has 0 heterocycles. The number of carbonyl (C=O) groups excluding carboxylic acids is 2. The van der Waals surface area contributed by atoms with E-state index in [0.29, 0.717) is 22.9 Å². The van der Waals surface area contributed by atoms with Crippen LogP contribution < -0.4 is 15.5 Å². The lowest BCUT2D eigenvalue weighted by molar-refractivity contribution is -0.139. The number of rotatable bonds is 6. The van der Waals surface area contributed by atoms with Crippen LogP contribution in [0.2, 0.25) is 5.02 Å². The molecule has 0 aliphatic heterocycles. The van der Waals surface area contributed by atoms with Crippen molar-refractivity contribution in [1.29, 1.82) is 0 Å². The van der Waals surface area contributed by atoms with Gasteiger partial charge in [-0.3, -0.25) is 9.59 Å². The summed E-state index contributed by atoms with van der Waals surface area (Å²) in [5, 5.41) is 6.83. The molecule has 136 valence electrons. The molecule has 0 saturated heterocycles. The van der Waals surface area contributed by atoms with Crippen LogP contribution in [0, 0.1) is 0 Å². The Morgan fingerprint density at radius 2 is 1.92 bits per heavy atom. The molecule has 2 aromatic carbocycles. The Balaban J connectivity index is 1.88. The predicted octanol–water partition coefficient (Wildman–Crippen LogP) is 3.07. The zero-order valence-electron chi connectivity index (χ0n) is 14.5. The maximum Gasteiger partial charge on any atom is 0.329 e. The van der Waals surface area contributed by atoms with Crippen molar-refractivity contribution in [2.24, 2.45) is 5.10 Å². The van der Waals surface area contributed by atoms with Gasteiger partial charge in [-0.05, 0) is 43.2 Å². The van der Waals surface area contributed by atoms with Crippen molar-refractivity contribution >= 4 is 29.6 Å². The van der Waals surface area contributed by atoms with Crippen LogP contribution in [0.4, 0.5) is 0 Å². The predicted molar refractivity (Wildman–Crippen MR) is 101 cm³/mol. The van der Waals surface area contributed by atoms with Crippen LogP contribution in [0.25, 0.3) is 0 Å². The first-order valence-electron chi connectivity index (χ1n) is 8.12. The molecule has 0 aliphatic carbocycles. The number of nitrogens with zero attached hydrogens (tertiary/aromatic N) is 1. The van der Waals surface area contributed by atoms with E-state index in [1.54, 1.807) is 25.1 Å². The molecular weight excluding hydrogens is 354 g/mol. The van der Waals surface area contributed by atoms with Crippen molar-refractivity contribution in [2.75, 3.05) is 6.61 Å². The van der Waals surface area contributed by atoms with E-state index in [1.807, 2.05) is 37.3 Å². The summed E-state index contributed by atoms with van der Waals surface area (Å²) in [5.74, 6) is -1.03. The maximum absolute atomic E-state index is 11.9. The van der Waals surface area contributed by atoms with Crippen LogP contribution >= 0.6 is 11.6 Å². The van der Waals surface area contributed by atoms with Crippen LogP contribution in [0.3, 0.4) is 0 Å². The summed E-state index contributed by atoms with van der Waals surface area (Å²) in [4.78, 5) is 23.7. The van der Waals surface area contributed by atoms with Gasteiger partial charge in [0, 0.05) is 0 Å². The topological polar surface area (TPSA) is 79.8 Å². The van der Waals surface area contributed by atoms with Gasteiger partial charge < -0.3 is 10.1 Å². The van der Waals surface area contributed by atoms with E-state index < -0.39 is 11.8 Å². The molecule has 0 spiro atoms. The fraction of sp³-hybridized carbons (Fsp3) is 0.211. The Morgan fingerprint density at radius 3 is 2.58 bits per heavy atom. The van der Waals surface area contributed by atoms with Gasteiger partial charge in [-0.1, -0.05) is 41.9 Å². The normalized spacial score (nSPS) is 11.8. The Bertz CT molecular complexity index is 794. The molecule has 2 rings (SSSR count). The van der Waals surface area contributed by atoms with Gasteiger partial charge in [0.15, 0.2) is 0 Å². The Labute approximate surface area is 157 Å².